The minimum atomic E-state index is -0.736. The SMILES string of the molecule is CN1CCC(NCCCCCC(=O)O)C1=O. The second kappa shape index (κ2) is 6.48. The number of carboxylic acids is 1. The smallest absolute Gasteiger partial charge is 0.303 e. The molecule has 0 bridgehead atoms. The molecule has 5 nitrogen and oxygen atoms in total. The monoisotopic (exact) mass is 228 g/mol. The second-order valence-corrected chi connectivity index (χ2v) is 4.26. The highest BCUT2D eigenvalue weighted by Crippen LogP contribution is 2.08. The summed E-state index contributed by atoms with van der Waals surface area (Å²) in [5, 5.41) is 11.7. The first-order chi connectivity index (χ1) is 7.61. The molecule has 0 aromatic carbocycles. The molecule has 1 amide bonds. The largest absolute Gasteiger partial charge is 0.481 e. The van der Waals surface area contributed by atoms with Crippen molar-refractivity contribution in [3.8, 4) is 0 Å². The van der Waals surface area contributed by atoms with Crippen molar-refractivity contribution in [2.45, 2.75) is 38.1 Å². The molecule has 1 aliphatic heterocycles. The number of carbonyl (C=O) groups excluding carboxylic acids is 1. The summed E-state index contributed by atoms with van der Waals surface area (Å²) in [6.45, 7) is 1.62. The zero-order chi connectivity index (χ0) is 12.0. The predicted octanol–water partition coefficient (Wildman–Crippen LogP) is 0.452. The normalized spacial score (nSPS) is 20.4. The average Bonchev–Trinajstić information content (AvgIpc) is 2.54. The Hall–Kier alpha value is -1.10. The molecule has 1 fully saturated rings. The minimum Gasteiger partial charge on any atom is -0.481 e. The number of carbonyl (C=O) groups is 2. The highest BCUT2D eigenvalue weighted by atomic mass is 16.4. The Morgan fingerprint density at radius 3 is 2.81 bits per heavy atom. The number of rotatable bonds is 7. The topological polar surface area (TPSA) is 69.6 Å². The number of nitrogens with zero attached hydrogens (tertiary/aromatic N) is 1. The van der Waals surface area contributed by atoms with Crippen molar-refractivity contribution in [1.29, 1.82) is 0 Å². The van der Waals surface area contributed by atoms with Crippen LogP contribution in [0.15, 0.2) is 0 Å². The average molecular weight is 228 g/mol. The number of carboxylic acid groups (broad SMARTS) is 1. The number of likely N-dealkylation sites (N-methyl/N-ethyl adjacent to an activating group) is 1. The van der Waals surface area contributed by atoms with E-state index in [1.165, 1.54) is 0 Å². The molecular formula is C11H20N2O3. The van der Waals surface area contributed by atoms with E-state index in [4.69, 9.17) is 5.11 Å². The van der Waals surface area contributed by atoms with Gasteiger partial charge in [0.2, 0.25) is 5.91 Å². The van der Waals surface area contributed by atoms with Crippen molar-refractivity contribution in [3.05, 3.63) is 0 Å². The van der Waals surface area contributed by atoms with Gasteiger partial charge >= 0.3 is 5.97 Å². The van der Waals surface area contributed by atoms with Gasteiger partial charge in [-0.25, -0.2) is 0 Å². The lowest BCUT2D eigenvalue weighted by Crippen LogP contribution is -2.37. The molecular weight excluding hydrogens is 208 g/mol. The van der Waals surface area contributed by atoms with Crippen LogP contribution in [0.1, 0.15) is 32.1 Å². The Bertz CT molecular complexity index is 256. The molecule has 92 valence electrons. The number of aliphatic carboxylic acids is 1. The van der Waals surface area contributed by atoms with Gasteiger partial charge in [0.25, 0.3) is 0 Å². The van der Waals surface area contributed by atoms with Gasteiger partial charge in [0, 0.05) is 20.0 Å². The Labute approximate surface area is 95.8 Å². The quantitative estimate of drug-likeness (QED) is 0.621. The molecule has 1 unspecified atom stereocenters. The Balaban J connectivity index is 1.99. The lowest BCUT2D eigenvalue weighted by atomic mass is 10.2. The number of unbranched alkanes of at least 4 members (excludes halogenated alkanes) is 2. The van der Waals surface area contributed by atoms with Crippen LogP contribution < -0.4 is 5.32 Å². The first-order valence-corrected chi connectivity index (χ1v) is 5.81. The van der Waals surface area contributed by atoms with Gasteiger partial charge in [-0.05, 0) is 25.8 Å². The highest BCUT2D eigenvalue weighted by Gasteiger charge is 2.27. The maximum atomic E-state index is 11.5. The standard InChI is InChI=1S/C11H20N2O3/c1-13-8-6-9(11(13)16)12-7-4-2-3-5-10(14)15/h9,12H,2-8H2,1H3,(H,14,15). The summed E-state index contributed by atoms with van der Waals surface area (Å²) in [6, 6.07) is -0.0236. The molecule has 16 heavy (non-hydrogen) atoms. The lowest BCUT2D eigenvalue weighted by molar-refractivity contribution is -0.137. The third-order valence-electron chi connectivity index (χ3n) is 2.89. The molecule has 0 spiro atoms. The van der Waals surface area contributed by atoms with E-state index in [1.807, 2.05) is 7.05 Å². The minimum absolute atomic E-state index is 0.0236. The van der Waals surface area contributed by atoms with Crippen LogP contribution in [0.2, 0.25) is 0 Å². The molecule has 0 aromatic heterocycles. The van der Waals surface area contributed by atoms with Crippen molar-refractivity contribution in [2.75, 3.05) is 20.1 Å². The van der Waals surface area contributed by atoms with E-state index in [0.29, 0.717) is 0 Å². The lowest BCUT2D eigenvalue weighted by Gasteiger charge is -2.11. The van der Waals surface area contributed by atoms with Crippen molar-refractivity contribution >= 4 is 11.9 Å². The van der Waals surface area contributed by atoms with Crippen LogP contribution in [-0.4, -0.2) is 48.1 Å². The van der Waals surface area contributed by atoms with Crippen LogP contribution in [0.5, 0.6) is 0 Å². The summed E-state index contributed by atoms with van der Waals surface area (Å²) >= 11 is 0. The molecule has 1 rings (SSSR count). The third-order valence-corrected chi connectivity index (χ3v) is 2.89. The molecule has 1 aliphatic rings. The predicted molar refractivity (Wildman–Crippen MR) is 60.1 cm³/mol. The van der Waals surface area contributed by atoms with Gasteiger partial charge in [0.1, 0.15) is 0 Å². The molecule has 5 heteroatoms. The molecule has 1 saturated heterocycles. The Kier molecular flexibility index (Phi) is 5.25. The van der Waals surface area contributed by atoms with E-state index in [1.54, 1.807) is 4.90 Å². The van der Waals surface area contributed by atoms with Gasteiger partial charge in [0.15, 0.2) is 0 Å². The molecule has 0 aromatic rings. The van der Waals surface area contributed by atoms with Crippen LogP contribution >= 0.6 is 0 Å². The van der Waals surface area contributed by atoms with Crippen molar-refractivity contribution in [3.63, 3.8) is 0 Å². The zero-order valence-corrected chi connectivity index (χ0v) is 9.74. The molecule has 1 heterocycles. The Morgan fingerprint density at radius 2 is 2.25 bits per heavy atom. The number of amides is 1. The third kappa shape index (κ3) is 4.18. The van der Waals surface area contributed by atoms with Gasteiger partial charge in [0.05, 0.1) is 6.04 Å². The van der Waals surface area contributed by atoms with Gasteiger partial charge in [-0.15, -0.1) is 0 Å². The number of hydrogen-bond donors (Lipinski definition) is 2. The van der Waals surface area contributed by atoms with Crippen molar-refractivity contribution in [1.82, 2.24) is 10.2 Å². The first-order valence-electron chi connectivity index (χ1n) is 5.81. The molecule has 1 atom stereocenters. The first kappa shape index (κ1) is 13.0. The summed E-state index contributed by atoms with van der Waals surface area (Å²) in [5.74, 6) is -0.564. The summed E-state index contributed by atoms with van der Waals surface area (Å²) in [5.41, 5.74) is 0. The second-order valence-electron chi connectivity index (χ2n) is 4.26. The molecule has 0 aliphatic carbocycles. The number of likely N-dealkylation sites (tertiary alicyclic amines) is 1. The van der Waals surface area contributed by atoms with Crippen LogP contribution in [0.25, 0.3) is 0 Å². The summed E-state index contributed by atoms with van der Waals surface area (Å²) < 4.78 is 0. The van der Waals surface area contributed by atoms with Crippen molar-refractivity contribution in [2.24, 2.45) is 0 Å². The zero-order valence-electron chi connectivity index (χ0n) is 9.74. The number of nitrogens with one attached hydrogen (secondary N) is 1. The summed E-state index contributed by atoms with van der Waals surface area (Å²) in [6.07, 6.45) is 3.67. The Morgan fingerprint density at radius 1 is 1.50 bits per heavy atom. The molecule has 0 radical (unpaired) electrons. The summed E-state index contributed by atoms with van der Waals surface area (Å²) in [4.78, 5) is 23.5. The van der Waals surface area contributed by atoms with Crippen molar-refractivity contribution < 1.29 is 14.7 Å². The van der Waals surface area contributed by atoms with Crippen LogP contribution in [-0.2, 0) is 9.59 Å². The van der Waals surface area contributed by atoms with E-state index in [0.717, 1.165) is 38.8 Å². The van der Waals surface area contributed by atoms with Gasteiger partial charge in [-0.1, -0.05) is 6.42 Å². The van der Waals surface area contributed by atoms with Gasteiger partial charge in [-0.2, -0.15) is 0 Å². The van der Waals surface area contributed by atoms with E-state index in [-0.39, 0.29) is 18.4 Å². The highest BCUT2D eigenvalue weighted by molar-refractivity contribution is 5.83. The number of hydrogen-bond acceptors (Lipinski definition) is 3. The van der Waals surface area contributed by atoms with Gasteiger partial charge < -0.3 is 15.3 Å². The van der Waals surface area contributed by atoms with E-state index < -0.39 is 5.97 Å². The van der Waals surface area contributed by atoms with E-state index in [2.05, 4.69) is 5.32 Å². The van der Waals surface area contributed by atoms with E-state index >= 15 is 0 Å². The van der Waals surface area contributed by atoms with E-state index in [9.17, 15) is 9.59 Å². The summed E-state index contributed by atoms with van der Waals surface area (Å²) in [7, 11) is 1.82. The maximum absolute atomic E-state index is 11.5. The van der Waals surface area contributed by atoms with Crippen LogP contribution in [0.3, 0.4) is 0 Å². The maximum Gasteiger partial charge on any atom is 0.303 e. The fraction of sp³-hybridized carbons (Fsp3) is 0.818. The van der Waals surface area contributed by atoms with Crippen LogP contribution in [0, 0.1) is 0 Å². The molecule has 0 saturated carbocycles. The molecule has 2 N–H and O–H groups in total. The fourth-order valence-electron chi connectivity index (χ4n) is 1.87. The fourth-order valence-corrected chi connectivity index (χ4v) is 1.87. The van der Waals surface area contributed by atoms with Crippen LogP contribution in [0.4, 0.5) is 0 Å². The van der Waals surface area contributed by atoms with Gasteiger partial charge in [-0.3, -0.25) is 9.59 Å².